The van der Waals surface area contributed by atoms with E-state index in [1.807, 2.05) is 12.3 Å². The fourth-order valence-corrected chi connectivity index (χ4v) is 2.24. The van der Waals surface area contributed by atoms with Crippen molar-refractivity contribution in [3.05, 3.63) is 65.5 Å². The van der Waals surface area contributed by atoms with Crippen molar-refractivity contribution in [3.8, 4) is 0 Å². The summed E-state index contributed by atoms with van der Waals surface area (Å²) in [4.78, 5) is 4.46. The van der Waals surface area contributed by atoms with Gasteiger partial charge in [-0.3, -0.25) is 4.98 Å². The first kappa shape index (κ1) is 9.55. The van der Waals surface area contributed by atoms with Gasteiger partial charge in [-0.25, -0.2) is 0 Å². The quantitative estimate of drug-likeness (QED) is 0.782. The number of aromatic nitrogens is 1. The van der Waals surface area contributed by atoms with Gasteiger partial charge < -0.3 is 5.32 Å². The van der Waals surface area contributed by atoms with Crippen LogP contribution in [0.3, 0.4) is 0 Å². The molecule has 1 unspecified atom stereocenters. The SMILES string of the molecule is c1ccc(C2Cc3ncccc3CN2)cc1. The molecular formula is C14H14N2. The van der Waals surface area contributed by atoms with Gasteiger partial charge in [0.05, 0.1) is 0 Å². The summed E-state index contributed by atoms with van der Waals surface area (Å²) < 4.78 is 0. The van der Waals surface area contributed by atoms with Crippen LogP contribution in [0.2, 0.25) is 0 Å². The first-order valence-corrected chi connectivity index (χ1v) is 5.64. The van der Waals surface area contributed by atoms with Crippen molar-refractivity contribution in [3.63, 3.8) is 0 Å². The molecule has 1 N–H and O–H groups in total. The predicted molar refractivity (Wildman–Crippen MR) is 64.0 cm³/mol. The highest BCUT2D eigenvalue weighted by atomic mass is 14.9. The van der Waals surface area contributed by atoms with Crippen molar-refractivity contribution in [1.82, 2.24) is 10.3 Å². The third kappa shape index (κ3) is 1.72. The molecule has 1 aromatic carbocycles. The Hall–Kier alpha value is -1.67. The number of fused-ring (bicyclic) bond motifs is 1. The summed E-state index contributed by atoms with van der Waals surface area (Å²) in [6, 6.07) is 15.1. The summed E-state index contributed by atoms with van der Waals surface area (Å²) in [5, 5.41) is 3.55. The lowest BCUT2D eigenvalue weighted by atomic mass is 9.95. The van der Waals surface area contributed by atoms with Gasteiger partial charge in [0.25, 0.3) is 0 Å². The van der Waals surface area contributed by atoms with Crippen LogP contribution in [-0.4, -0.2) is 4.98 Å². The van der Waals surface area contributed by atoms with E-state index in [2.05, 4.69) is 46.7 Å². The molecule has 0 radical (unpaired) electrons. The van der Waals surface area contributed by atoms with Crippen molar-refractivity contribution in [2.75, 3.05) is 0 Å². The van der Waals surface area contributed by atoms with Gasteiger partial charge in [-0.1, -0.05) is 36.4 Å². The monoisotopic (exact) mass is 210 g/mol. The fraction of sp³-hybridized carbons (Fsp3) is 0.214. The molecule has 1 aromatic heterocycles. The van der Waals surface area contributed by atoms with E-state index in [4.69, 9.17) is 0 Å². The van der Waals surface area contributed by atoms with Gasteiger partial charge in [-0.2, -0.15) is 0 Å². The molecule has 0 saturated carbocycles. The van der Waals surface area contributed by atoms with Crippen molar-refractivity contribution in [2.45, 2.75) is 19.0 Å². The zero-order valence-corrected chi connectivity index (χ0v) is 9.06. The second kappa shape index (κ2) is 4.06. The zero-order chi connectivity index (χ0) is 10.8. The maximum absolute atomic E-state index is 4.46. The number of nitrogens with zero attached hydrogens (tertiary/aromatic N) is 1. The van der Waals surface area contributed by atoms with E-state index >= 15 is 0 Å². The predicted octanol–water partition coefficient (Wildman–Crippen LogP) is 2.47. The smallest absolute Gasteiger partial charge is 0.0467 e. The van der Waals surface area contributed by atoms with E-state index in [1.165, 1.54) is 16.8 Å². The molecule has 2 heterocycles. The Morgan fingerprint density at radius 2 is 1.94 bits per heavy atom. The third-order valence-corrected chi connectivity index (χ3v) is 3.12. The summed E-state index contributed by atoms with van der Waals surface area (Å²) >= 11 is 0. The zero-order valence-electron chi connectivity index (χ0n) is 9.06. The second-order valence-electron chi connectivity index (χ2n) is 4.16. The molecule has 0 bridgehead atoms. The summed E-state index contributed by atoms with van der Waals surface area (Å²) in [6.07, 6.45) is 2.87. The Kier molecular flexibility index (Phi) is 2.43. The molecule has 2 nitrogen and oxygen atoms in total. The highest BCUT2D eigenvalue weighted by molar-refractivity contribution is 5.28. The molecule has 1 aliphatic heterocycles. The van der Waals surface area contributed by atoms with Crippen LogP contribution in [0.5, 0.6) is 0 Å². The van der Waals surface area contributed by atoms with Gasteiger partial charge in [0.15, 0.2) is 0 Å². The third-order valence-electron chi connectivity index (χ3n) is 3.12. The van der Waals surface area contributed by atoms with Crippen LogP contribution in [0.15, 0.2) is 48.7 Å². The highest BCUT2D eigenvalue weighted by Gasteiger charge is 2.19. The minimum absolute atomic E-state index is 0.406. The number of nitrogens with one attached hydrogen (secondary N) is 1. The lowest BCUT2D eigenvalue weighted by molar-refractivity contribution is 0.490. The Labute approximate surface area is 95.3 Å². The summed E-state index contributed by atoms with van der Waals surface area (Å²) in [7, 11) is 0. The van der Waals surface area contributed by atoms with Crippen LogP contribution in [0.4, 0.5) is 0 Å². The van der Waals surface area contributed by atoms with E-state index in [9.17, 15) is 0 Å². The molecule has 0 saturated heterocycles. The van der Waals surface area contributed by atoms with Crippen LogP contribution >= 0.6 is 0 Å². The van der Waals surface area contributed by atoms with Crippen LogP contribution in [0.1, 0.15) is 22.9 Å². The van der Waals surface area contributed by atoms with Gasteiger partial charge >= 0.3 is 0 Å². The molecular weight excluding hydrogens is 196 g/mol. The molecule has 2 aromatic rings. The van der Waals surface area contributed by atoms with E-state index in [0.717, 1.165) is 13.0 Å². The lowest BCUT2D eigenvalue weighted by Crippen LogP contribution is -2.29. The molecule has 1 aliphatic rings. The van der Waals surface area contributed by atoms with E-state index < -0.39 is 0 Å². The van der Waals surface area contributed by atoms with E-state index in [0.29, 0.717) is 6.04 Å². The number of pyridine rings is 1. The average molecular weight is 210 g/mol. The average Bonchev–Trinajstić information content (AvgIpc) is 2.39. The van der Waals surface area contributed by atoms with Crippen molar-refractivity contribution in [2.24, 2.45) is 0 Å². The summed E-state index contributed by atoms with van der Waals surface area (Å²) in [6.45, 7) is 0.919. The van der Waals surface area contributed by atoms with Gasteiger partial charge in [-0.15, -0.1) is 0 Å². The van der Waals surface area contributed by atoms with Gasteiger partial charge in [0.1, 0.15) is 0 Å². The molecule has 1 atom stereocenters. The number of benzene rings is 1. The van der Waals surface area contributed by atoms with E-state index in [1.54, 1.807) is 0 Å². The molecule has 0 spiro atoms. The number of hydrogen-bond acceptors (Lipinski definition) is 2. The standard InChI is InChI=1S/C14H14N2/c1-2-5-11(6-3-1)13-9-14-12(10-16-13)7-4-8-15-14/h1-8,13,16H,9-10H2. The van der Waals surface area contributed by atoms with Gasteiger partial charge in [-0.05, 0) is 17.2 Å². The molecule has 16 heavy (non-hydrogen) atoms. The highest BCUT2D eigenvalue weighted by Crippen LogP contribution is 2.23. The lowest BCUT2D eigenvalue weighted by Gasteiger charge is -2.25. The number of rotatable bonds is 1. The minimum Gasteiger partial charge on any atom is -0.305 e. The Bertz CT molecular complexity index is 479. The molecule has 2 heteroatoms. The molecule has 0 fully saturated rings. The molecule has 3 rings (SSSR count). The van der Waals surface area contributed by atoms with Crippen LogP contribution in [0, 0.1) is 0 Å². The first-order chi connectivity index (χ1) is 7.93. The molecule has 80 valence electrons. The Morgan fingerprint density at radius 1 is 1.06 bits per heavy atom. The first-order valence-electron chi connectivity index (χ1n) is 5.64. The maximum Gasteiger partial charge on any atom is 0.0467 e. The topological polar surface area (TPSA) is 24.9 Å². The number of hydrogen-bond donors (Lipinski definition) is 1. The van der Waals surface area contributed by atoms with Crippen molar-refractivity contribution >= 4 is 0 Å². The summed E-state index contributed by atoms with van der Waals surface area (Å²) in [5.41, 5.74) is 3.91. The normalized spacial score (nSPS) is 19.1. The van der Waals surface area contributed by atoms with Gasteiger partial charge in [0, 0.05) is 30.9 Å². The molecule has 0 aliphatic carbocycles. The van der Waals surface area contributed by atoms with Gasteiger partial charge in [0.2, 0.25) is 0 Å². The second-order valence-corrected chi connectivity index (χ2v) is 4.16. The fourth-order valence-electron chi connectivity index (χ4n) is 2.24. The Balaban J connectivity index is 1.89. The van der Waals surface area contributed by atoms with Crippen molar-refractivity contribution < 1.29 is 0 Å². The van der Waals surface area contributed by atoms with Crippen LogP contribution in [-0.2, 0) is 13.0 Å². The van der Waals surface area contributed by atoms with Crippen LogP contribution < -0.4 is 5.32 Å². The maximum atomic E-state index is 4.46. The summed E-state index contributed by atoms with van der Waals surface area (Å²) in [5.74, 6) is 0. The minimum atomic E-state index is 0.406. The van der Waals surface area contributed by atoms with Crippen LogP contribution in [0.25, 0.3) is 0 Å². The Morgan fingerprint density at radius 3 is 2.81 bits per heavy atom. The van der Waals surface area contributed by atoms with Crippen molar-refractivity contribution in [1.29, 1.82) is 0 Å². The molecule has 0 amide bonds. The largest absolute Gasteiger partial charge is 0.305 e. The van der Waals surface area contributed by atoms with E-state index in [-0.39, 0.29) is 0 Å².